The second-order valence-corrected chi connectivity index (χ2v) is 6.91. The normalized spacial score (nSPS) is 12.8. The van der Waals surface area contributed by atoms with Gasteiger partial charge in [-0.3, -0.25) is 10.1 Å². The van der Waals surface area contributed by atoms with Crippen LogP contribution in [-0.2, 0) is 16.4 Å². The van der Waals surface area contributed by atoms with Crippen molar-refractivity contribution in [2.45, 2.75) is 31.2 Å². The smallest absolute Gasteiger partial charge is 0.258 e. The van der Waals surface area contributed by atoms with Gasteiger partial charge in [-0.15, -0.1) is 0 Å². The Bertz CT molecular complexity index is 801. The third kappa shape index (κ3) is 4.14. The molecule has 0 unspecified atom stereocenters. The van der Waals surface area contributed by atoms with Crippen molar-refractivity contribution in [3.63, 3.8) is 0 Å². The molecule has 23 heavy (non-hydrogen) atoms. The van der Waals surface area contributed by atoms with Crippen LogP contribution in [-0.4, -0.2) is 13.3 Å². The molecule has 0 aromatic heterocycles. The molecule has 122 valence electrons. The summed E-state index contributed by atoms with van der Waals surface area (Å²) in [6, 6.07) is 12.2. The Morgan fingerprint density at radius 1 is 1.17 bits per heavy atom. The van der Waals surface area contributed by atoms with E-state index in [1.807, 2.05) is 31.2 Å². The number of benzene rings is 2. The standard InChI is InChI=1S/C16H18N2O4S/c1-3-13-7-9-14(10-8-13)12(2)17-23(21,22)16-6-4-5-15(11-16)18(19)20/h4-12,17H,3H2,1-2H3/t12-/m1/s1. The molecule has 1 atom stereocenters. The highest BCUT2D eigenvalue weighted by atomic mass is 32.2. The van der Waals surface area contributed by atoms with Gasteiger partial charge in [0.1, 0.15) is 0 Å². The number of nitrogens with one attached hydrogen (secondary N) is 1. The van der Waals surface area contributed by atoms with Crippen LogP contribution in [0.5, 0.6) is 0 Å². The molecule has 2 aromatic carbocycles. The maximum absolute atomic E-state index is 12.4. The van der Waals surface area contributed by atoms with Gasteiger partial charge in [0.25, 0.3) is 5.69 Å². The maximum atomic E-state index is 12.4. The number of non-ortho nitro benzene ring substituents is 1. The van der Waals surface area contributed by atoms with Crippen LogP contribution < -0.4 is 4.72 Å². The summed E-state index contributed by atoms with van der Waals surface area (Å²) in [5.41, 5.74) is 1.74. The summed E-state index contributed by atoms with van der Waals surface area (Å²) in [5.74, 6) is 0. The first-order chi connectivity index (χ1) is 10.8. The average molecular weight is 334 g/mol. The summed E-state index contributed by atoms with van der Waals surface area (Å²) in [5, 5.41) is 10.8. The topological polar surface area (TPSA) is 89.3 Å². The Morgan fingerprint density at radius 2 is 1.83 bits per heavy atom. The van der Waals surface area contributed by atoms with Gasteiger partial charge >= 0.3 is 0 Å². The summed E-state index contributed by atoms with van der Waals surface area (Å²) in [7, 11) is -3.83. The van der Waals surface area contributed by atoms with Crippen LogP contribution in [0.1, 0.15) is 31.0 Å². The number of aryl methyl sites for hydroxylation is 1. The zero-order valence-electron chi connectivity index (χ0n) is 12.9. The lowest BCUT2D eigenvalue weighted by molar-refractivity contribution is -0.385. The van der Waals surface area contributed by atoms with Gasteiger partial charge in [-0.2, -0.15) is 0 Å². The molecule has 2 aromatic rings. The highest BCUT2D eigenvalue weighted by molar-refractivity contribution is 7.89. The number of hydrogen-bond acceptors (Lipinski definition) is 4. The maximum Gasteiger partial charge on any atom is 0.270 e. The van der Waals surface area contributed by atoms with E-state index in [0.717, 1.165) is 18.1 Å². The van der Waals surface area contributed by atoms with Crippen molar-refractivity contribution in [1.82, 2.24) is 4.72 Å². The summed E-state index contributed by atoms with van der Waals surface area (Å²) in [6.07, 6.45) is 0.911. The minimum absolute atomic E-state index is 0.122. The van der Waals surface area contributed by atoms with Gasteiger partial charge in [0.15, 0.2) is 0 Å². The predicted molar refractivity (Wildman–Crippen MR) is 87.7 cm³/mol. The molecule has 0 aliphatic heterocycles. The van der Waals surface area contributed by atoms with Gasteiger partial charge < -0.3 is 0 Å². The van der Waals surface area contributed by atoms with Crippen LogP contribution in [0.2, 0.25) is 0 Å². The van der Waals surface area contributed by atoms with Crippen LogP contribution in [0.3, 0.4) is 0 Å². The lowest BCUT2D eigenvalue weighted by atomic mass is 10.1. The summed E-state index contributed by atoms with van der Waals surface area (Å²) < 4.78 is 27.3. The van der Waals surface area contributed by atoms with E-state index in [9.17, 15) is 18.5 Å². The van der Waals surface area contributed by atoms with Crippen molar-refractivity contribution in [1.29, 1.82) is 0 Å². The first kappa shape index (κ1) is 17.1. The predicted octanol–water partition coefficient (Wildman–Crippen LogP) is 3.20. The first-order valence-corrected chi connectivity index (χ1v) is 8.67. The Balaban J connectivity index is 2.22. The molecule has 1 N–H and O–H groups in total. The van der Waals surface area contributed by atoms with Crippen LogP contribution in [0.4, 0.5) is 5.69 Å². The van der Waals surface area contributed by atoms with Crippen molar-refractivity contribution in [3.05, 3.63) is 69.8 Å². The van der Waals surface area contributed by atoms with Gasteiger partial charge in [0.2, 0.25) is 10.0 Å². The Kier molecular flexibility index (Phi) is 5.12. The minimum Gasteiger partial charge on any atom is -0.258 e. The average Bonchev–Trinajstić information content (AvgIpc) is 2.54. The first-order valence-electron chi connectivity index (χ1n) is 7.19. The fourth-order valence-electron chi connectivity index (χ4n) is 2.18. The number of nitro benzene ring substituents is 1. The van der Waals surface area contributed by atoms with Crippen molar-refractivity contribution in [2.75, 3.05) is 0 Å². The van der Waals surface area contributed by atoms with E-state index in [4.69, 9.17) is 0 Å². The van der Waals surface area contributed by atoms with Crippen molar-refractivity contribution < 1.29 is 13.3 Å². The molecule has 0 aliphatic rings. The molecule has 0 saturated carbocycles. The Hall–Kier alpha value is -2.25. The van der Waals surface area contributed by atoms with E-state index < -0.39 is 21.0 Å². The number of nitrogens with zero attached hydrogens (tertiary/aromatic N) is 1. The van der Waals surface area contributed by atoms with E-state index in [-0.39, 0.29) is 10.6 Å². The zero-order chi connectivity index (χ0) is 17.0. The van der Waals surface area contributed by atoms with Crippen molar-refractivity contribution in [2.24, 2.45) is 0 Å². The summed E-state index contributed by atoms with van der Waals surface area (Å²) >= 11 is 0. The second-order valence-electron chi connectivity index (χ2n) is 5.19. The highest BCUT2D eigenvalue weighted by Crippen LogP contribution is 2.20. The quantitative estimate of drug-likeness (QED) is 0.649. The molecule has 0 amide bonds. The number of sulfonamides is 1. The SMILES string of the molecule is CCc1ccc([C@@H](C)NS(=O)(=O)c2cccc([N+](=O)[O-])c2)cc1. The lowest BCUT2D eigenvalue weighted by Gasteiger charge is -2.15. The van der Waals surface area contributed by atoms with Gasteiger partial charge in [0.05, 0.1) is 9.82 Å². The highest BCUT2D eigenvalue weighted by Gasteiger charge is 2.20. The lowest BCUT2D eigenvalue weighted by Crippen LogP contribution is -2.26. The van der Waals surface area contributed by atoms with Gasteiger partial charge in [-0.25, -0.2) is 13.1 Å². The summed E-state index contributed by atoms with van der Waals surface area (Å²) in [4.78, 5) is 10.0. The largest absolute Gasteiger partial charge is 0.270 e. The Labute approximate surface area is 135 Å². The van der Waals surface area contributed by atoms with Crippen LogP contribution in [0, 0.1) is 10.1 Å². The fourth-order valence-corrected chi connectivity index (χ4v) is 3.45. The molecule has 0 fully saturated rings. The van der Waals surface area contributed by atoms with E-state index in [1.165, 1.54) is 23.8 Å². The second kappa shape index (κ2) is 6.89. The molecule has 6 nitrogen and oxygen atoms in total. The third-order valence-corrected chi connectivity index (χ3v) is 5.10. The Morgan fingerprint density at radius 3 is 2.39 bits per heavy atom. The zero-order valence-corrected chi connectivity index (χ0v) is 13.7. The molecule has 0 spiro atoms. The van der Waals surface area contributed by atoms with Crippen molar-refractivity contribution in [3.8, 4) is 0 Å². The minimum atomic E-state index is -3.83. The molecule has 0 bridgehead atoms. The van der Waals surface area contributed by atoms with Gasteiger partial charge in [-0.1, -0.05) is 37.3 Å². The van der Waals surface area contributed by atoms with E-state index >= 15 is 0 Å². The van der Waals surface area contributed by atoms with Crippen LogP contribution in [0.25, 0.3) is 0 Å². The monoisotopic (exact) mass is 334 g/mol. The van der Waals surface area contributed by atoms with E-state index in [2.05, 4.69) is 4.72 Å². The van der Waals surface area contributed by atoms with Crippen molar-refractivity contribution >= 4 is 15.7 Å². The molecular formula is C16H18N2O4S. The van der Waals surface area contributed by atoms with Crippen LogP contribution >= 0.6 is 0 Å². The number of nitro groups is 1. The molecular weight excluding hydrogens is 316 g/mol. The summed E-state index contributed by atoms with van der Waals surface area (Å²) in [6.45, 7) is 3.78. The fraction of sp³-hybridized carbons (Fsp3) is 0.250. The number of hydrogen-bond donors (Lipinski definition) is 1. The molecule has 7 heteroatoms. The third-order valence-electron chi connectivity index (χ3n) is 3.56. The number of rotatable bonds is 6. The van der Waals surface area contributed by atoms with Gasteiger partial charge in [-0.05, 0) is 30.5 Å². The molecule has 0 radical (unpaired) electrons. The molecule has 2 rings (SSSR count). The molecule has 0 saturated heterocycles. The van der Waals surface area contributed by atoms with E-state index in [0.29, 0.717) is 0 Å². The molecule has 0 aliphatic carbocycles. The molecule has 0 heterocycles. The van der Waals surface area contributed by atoms with E-state index in [1.54, 1.807) is 6.92 Å². The van der Waals surface area contributed by atoms with Gasteiger partial charge in [0, 0.05) is 18.2 Å². The van der Waals surface area contributed by atoms with Crippen LogP contribution in [0.15, 0.2) is 53.4 Å².